The first-order valence-corrected chi connectivity index (χ1v) is 6.61. The van der Waals surface area contributed by atoms with Gasteiger partial charge in [0.1, 0.15) is 0 Å². The Morgan fingerprint density at radius 3 is 2.78 bits per heavy atom. The van der Waals surface area contributed by atoms with Gasteiger partial charge in [-0.2, -0.15) is 0 Å². The second-order valence-electron chi connectivity index (χ2n) is 5.54. The molecule has 3 rings (SSSR count). The van der Waals surface area contributed by atoms with Gasteiger partial charge in [0.15, 0.2) is 0 Å². The molecule has 4 nitrogen and oxygen atoms in total. The van der Waals surface area contributed by atoms with Gasteiger partial charge in [-0.3, -0.25) is 9.59 Å². The lowest BCUT2D eigenvalue weighted by Gasteiger charge is -2.41. The molecule has 0 bridgehead atoms. The van der Waals surface area contributed by atoms with Crippen LogP contribution < -0.4 is 10.6 Å². The van der Waals surface area contributed by atoms with E-state index >= 15 is 0 Å². The van der Waals surface area contributed by atoms with Gasteiger partial charge < -0.3 is 10.6 Å². The van der Waals surface area contributed by atoms with Crippen LogP contribution in [0, 0.1) is 5.92 Å². The molecule has 0 aromatic rings. The molecule has 0 aromatic carbocycles. The molecule has 0 amide bonds. The summed E-state index contributed by atoms with van der Waals surface area (Å²) in [5.74, 6) is -0.726. The molecule has 3 aliphatic rings. The second kappa shape index (κ2) is 4.05. The van der Waals surface area contributed by atoms with Crippen LogP contribution in [0.15, 0.2) is 23.4 Å². The monoisotopic (exact) mass is 246 g/mol. The number of hydrogen-bond donors (Lipinski definition) is 2. The summed E-state index contributed by atoms with van der Waals surface area (Å²) in [7, 11) is 0. The molecular formula is C14H18N2O2. The molecule has 0 saturated carbocycles. The van der Waals surface area contributed by atoms with E-state index < -0.39 is 0 Å². The van der Waals surface area contributed by atoms with Crippen LogP contribution in [0.4, 0.5) is 0 Å². The van der Waals surface area contributed by atoms with Gasteiger partial charge in [0.25, 0.3) is 0 Å². The molecule has 2 heterocycles. The maximum atomic E-state index is 12.1. The van der Waals surface area contributed by atoms with Crippen LogP contribution >= 0.6 is 0 Å². The van der Waals surface area contributed by atoms with Crippen molar-refractivity contribution in [3.05, 3.63) is 23.4 Å². The topological polar surface area (TPSA) is 58.2 Å². The zero-order valence-electron chi connectivity index (χ0n) is 10.7. The number of hydrogen-bond acceptors (Lipinski definition) is 4. The lowest BCUT2D eigenvalue weighted by Crippen LogP contribution is -2.58. The molecular weight excluding hydrogens is 228 g/mol. The van der Waals surface area contributed by atoms with E-state index in [1.807, 2.05) is 13.0 Å². The number of carbonyl (C=O) groups is 2. The van der Waals surface area contributed by atoms with Crippen LogP contribution in [-0.2, 0) is 9.59 Å². The Labute approximate surface area is 107 Å². The largest absolute Gasteiger partial charge is 0.381 e. The first-order chi connectivity index (χ1) is 8.58. The highest BCUT2D eigenvalue weighted by atomic mass is 16.2. The molecule has 18 heavy (non-hydrogen) atoms. The van der Waals surface area contributed by atoms with Crippen LogP contribution in [0.2, 0.25) is 0 Å². The minimum Gasteiger partial charge on any atom is -0.381 e. The molecule has 0 aromatic heterocycles. The molecule has 0 radical (unpaired) electrons. The number of Topliss-reactive ketones (excluding diaryl/α,β-unsaturated/α-hetero) is 2. The van der Waals surface area contributed by atoms with Crippen molar-refractivity contribution >= 4 is 11.6 Å². The van der Waals surface area contributed by atoms with Crippen molar-refractivity contribution in [1.29, 1.82) is 0 Å². The summed E-state index contributed by atoms with van der Waals surface area (Å²) < 4.78 is 0. The van der Waals surface area contributed by atoms with Gasteiger partial charge in [0.05, 0.1) is 6.04 Å². The van der Waals surface area contributed by atoms with Gasteiger partial charge in [0.2, 0.25) is 11.6 Å². The molecule has 1 saturated heterocycles. The SMILES string of the molecule is CC1C=CC2=C(N1)C1NC(C)CCC1C(=O)C2=O. The Kier molecular flexibility index (Phi) is 2.63. The van der Waals surface area contributed by atoms with E-state index in [1.165, 1.54) is 0 Å². The number of rotatable bonds is 0. The first-order valence-electron chi connectivity index (χ1n) is 6.61. The summed E-state index contributed by atoms with van der Waals surface area (Å²) in [5.41, 5.74) is 1.48. The van der Waals surface area contributed by atoms with Crippen LogP contribution in [0.3, 0.4) is 0 Å². The fourth-order valence-corrected chi connectivity index (χ4v) is 3.13. The number of carbonyl (C=O) groups excluding carboxylic acids is 2. The fourth-order valence-electron chi connectivity index (χ4n) is 3.13. The van der Waals surface area contributed by atoms with E-state index in [0.717, 1.165) is 18.5 Å². The van der Waals surface area contributed by atoms with E-state index in [4.69, 9.17) is 0 Å². The highest BCUT2D eigenvalue weighted by Gasteiger charge is 2.45. The zero-order chi connectivity index (χ0) is 12.9. The summed E-state index contributed by atoms with van der Waals surface area (Å²) >= 11 is 0. The predicted molar refractivity (Wildman–Crippen MR) is 67.9 cm³/mol. The fraction of sp³-hybridized carbons (Fsp3) is 0.571. The molecule has 2 N–H and O–H groups in total. The lowest BCUT2D eigenvalue weighted by atomic mass is 9.74. The Morgan fingerprint density at radius 1 is 1.22 bits per heavy atom. The Hall–Kier alpha value is -1.42. The van der Waals surface area contributed by atoms with E-state index in [1.54, 1.807) is 6.08 Å². The summed E-state index contributed by atoms with van der Waals surface area (Å²) in [6.07, 6.45) is 5.48. The van der Waals surface area contributed by atoms with E-state index in [-0.39, 0.29) is 29.6 Å². The van der Waals surface area contributed by atoms with Gasteiger partial charge in [-0.1, -0.05) is 12.2 Å². The van der Waals surface area contributed by atoms with Crippen molar-refractivity contribution in [2.24, 2.45) is 5.92 Å². The summed E-state index contributed by atoms with van der Waals surface area (Å²) in [4.78, 5) is 24.2. The highest BCUT2D eigenvalue weighted by Crippen LogP contribution is 2.33. The van der Waals surface area contributed by atoms with Crippen LogP contribution in [0.25, 0.3) is 0 Å². The lowest BCUT2D eigenvalue weighted by molar-refractivity contribution is -0.138. The third-order valence-electron chi connectivity index (χ3n) is 4.12. The van der Waals surface area contributed by atoms with E-state index in [0.29, 0.717) is 11.6 Å². The normalized spacial score (nSPS) is 39.2. The van der Waals surface area contributed by atoms with E-state index in [9.17, 15) is 9.59 Å². The van der Waals surface area contributed by atoms with Crippen molar-refractivity contribution in [3.63, 3.8) is 0 Å². The minimum atomic E-state index is -0.321. The smallest absolute Gasteiger partial charge is 0.230 e. The number of dihydropyridines is 1. The third-order valence-corrected chi connectivity index (χ3v) is 4.12. The summed E-state index contributed by atoms with van der Waals surface area (Å²) in [6, 6.07) is 0.592. The average molecular weight is 246 g/mol. The first kappa shape index (κ1) is 11.7. The Balaban J connectivity index is 2.04. The molecule has 96 valence electrons. The maximum Gasteiger partial charge on any atom is 0.230 e. The zero-order valence-corrected chi connectivity index (χ0v) is 10.7. The molecule has 0 spiro atoms. The quantitative estimate of drug-likeness (QED) is 0.618. The number of ketones is 2. The van der Waals surface area contributed by atoms with Gasteiger partial charge in [-0.05, 0) is 26.7 Å². The highest BCUT2D eigenvalue weighted by molar-refractivity contribution is 6.46. The molecule has 4 unspecified atom stereocenters. The number of piperidine rings is 1. The molecule has 1 fully saturated rings. The Bertz CT molecular complexity index is 478. The van der Waals surface area contributed by atoms with Gasteiger partial charge >= 0.3 is 0 Å². The van der Waals surface area contributed by atoms with Gasteiger partial charge in [-0.15, -0.1) is 0 Å². The Morgan fingerprint density at radius 2 is 2.00 bits per heavy atom. The van der Waals surface area contributed by atoms with Crippen LogP contribution in [0.5, 0.6) is 0 Å². The number of allylic oxidation sites excluding steroid dienone is 2. The third kappa shape index (κ3) is 1.63. The number of nitrogens with one attached hydrogen (secondary N) is 2. The van der Waals surface area contributed by atoms with Crippen molar-refractivity contribution in [2.45, 2.75) is 44.8 Å². The molecule has 4 atom stereocenters. The summed E-state index contributed by atoms with van der Waals surface area (Å²) in [6.45, 7) is 4.17. The van der Waals surface area contributed by atoms with Crippen molar-refractivity contribution in [1.82, 2.24) is 10.6 Å². The minimum absolute atomic E-state index is 0.0126. The van der Waals surface area contributed by atoms with Crippen molar-refractivity contribution in [2.75, 3.05) is 0 Å². The molecule has 2 aliphatic heterocycles. The molecule has 4 heteroatoms. The maximum absolute atomic E-state index is 12.1. The second-order valence-corrected chi connectivity index (χ2v) is 5.54. The number of fused-ring (bicyclic) bond motifs is 2. The molecule has 1 aliphatic carbocycles. The van der Waals surface area contributed by atoms with Crippen LogP contribution in [0.1, 0.15) is 26.7 Å². The van der Waals surface area contributed by atoms with Crippen molar-refractivity contribution in [3.8, 4) is 0 Å². The van der Waals surface area contributed by atoms with Crippen LogP contribution in [-0.4, -0.2) is 29.7 Å². The standard InChI is InChI=1S/C14H18N2O2/c1-7-3-5-9-11(15-7)12-10(14(18)13(9)17)6-4-8(2)16-12/h3,5,7-8,10,12,15-16H,4,6H2,1-2H3. The van der Waals surface area contributed by atoms with E-state index in [2.05, 4.69) is 17.6 Å². The predicted octanol–water partition coefficient (Wildman–Crippen LogP) is 0.697. The van der Waals surface area contributed by atoms with Gasteiger partial charge in [-0.25, -0.2) is 0 Å². The average Bonchev–Trinajstić information content (AvgIpc) is 2.36. The summed E-state index contributed by atoms with van der Waals surface area (Å²) in [5, 5.41) is 6.81. The van der Waals surface area contributed by atoms with Gasteiger partial charge in [0, 0.05) is 29.3 Å². The van der Waals surface area contributed by atoms with Crippen molar-refractivity contribution < 1.29 is 9.59 Å².